The van der Waals surface area contributed by atoms with Crippen molar-refractivity contribution in [2.75, 3.05) is 26.9 Å². The summed E-state index contributed by atoms with van der Waals surface area (Å²) < 4.78 is 10.8. The molecule has 1 aromatic rings. The van der Waals surface area contributed by atoms with Crippen molar-refractivity contribution in [3.63, 3.8) is 0 Å². The van der Waals surface area contributed by atoms with Gasteiger partial charge in [0, 0.05) is 25.6 Å². The van der Waals surface area contributed by atoms with Crippen molar-refractivity contribution in [3.8, 4) is 5.75 Å². The molecule has 0 aromatic heterocycles. The fourth-order valence-corrected chi connectivity index (χ4v) is 4.13. The monoisotopic (exact) mass is 301 g/mol. The lowest BCUT2D eigenvalue weighted by Crippen LogP contribution is -2.32. The summed E-state index contributed by atoms with van der Waals surface area (Å²) in [5, 5.41) is 0. The minimum atomic E-state index is 0.224. The SMILES string of the molecule is COc1ccc2c(c1)CCCN(C(=O)C1C3CCOCC31)C2. The number of fused-ring (bicyclic) bond motifs is 2. The normalized spacial score (nSPS) is 30.0. The first-order valence-electron chi connectivity index (χ1n) is 8.30. The number of ether oxygens (including phenoxy) is 2. The van der Waals surface area contributed by atoms with E-state index in [1.165, 1.54) is 11.1 Å². The van der Waals surface area contributed by atoms with E-state index < -0.39 is 0 Å². The van der Waals surface area contributed by atoms with Gasteiger partial charge in [-0.3, -0.25) is 4.79 Å². The molecule has 118 valence electrons. The summed E-state index contributed by atoms with van der Waals surface area (Å²) in [6.45, 7) is 3.22. The van der Waals surface area contributed by atoms with Gasteiger partial charge in [0.15, 0.2) is 0 Å². The first kappa shape index (κ1) is 14.1. The van der Waals surface area contributed by atoms with E-state index in [2.05, 4.69) is 17.0 Å². The molecule has 1 saturated heterocycles. The Bertz CT molecular complexity index is 574. The van der Waals surface area contributed by atoms with Gasteiger partial charge in [0.1, 0.15) is 5.75 Å². The molecule has 1 aromatic carbocycles. The molecule has 4 rings (SSSR count). The Morgan fingerprint density at radius 2 is 2.23 bits per heavy atom. The molecule has 4 nitrogen and oxygen atoms in total. The molecule has 0 bridgehead atoms. The van der Waals surface area contributed by atoms with Gasteiger partial charge >= 0.3 is 0 Å². The van der Waals surface area contributed by atoms with E-state index in [4.69, 9.17) is 9.47 Å². The predicted octanol–water partition coefficient (Wildman–Crippen LogP) is 2.25. The van der Waals surface area contributed by atoms with Crippen LogP contribution in [0.5, 0.6) is 5.75 Å². The van der Waals surface area contributed by atoms with Crippen molar-refractivity contribution in [1.82, 2.24) is 4.90 Å². The maximum atomic E-state index is 12.9. The van der Waals surface area contributed by atoms with E-state index in [1.54, 1.807) is 7.11 Å². The molecule has 22 heavy (non-hydrogen) atoms. The third kappa shape index (κ3) is 2.39. The largest absolute Gasteiger partial charge is 0.497 e. The minimum Gasteiger partial charge on any atom is -0.497 e. The molecule has 3 unspecified atom stereocenters. The lowest BCUT2D eigenvalue weighted by atomic mass is 10.0. The number of aryl methyl sites for hydroxylation is 1. The number of hydrogen-bond acceptors (Lipinski definition) is 3. The van der Waals surface area contributed by atoms with Gasteiger partial charge in [-0.25, -0.2) is 0 Å². The maximum Gasteiger partial charge on any atom is 0.226 e. The summed E-state index contributed by atoms with van der Waals surface area (Å²) in [5.74, 6) is 2.55. The van der Waals surface area contributed by atoms with Gasteiger partial charge in [0.2, 0.25) is 5.91 Å². The predicted molar refractivity (Wildman–Crippen MR) is 82.6 cm³/mol. The summed E-state index contributed by atoms with van der Waals surface area (Å²) in [6, 6.07) is 6.23. The van der Waals surface area contributed by atoms with Crippen molar-refractivity contribution in [3.05, 3.63) is 29.3 Å². The molecule has 3 aliphatic rings. The molecule has 2 aliphatic heterocycles. The molecule has 0 radical (unpaired) electrons. The van der Waals surface area contributed by atoms with E-state index in [0.717, 1.165) is 51.3 Å². The second-order valence-electron chi connectivity index (χ2n) is 6.72. The number of amides is 1. The zero-order valence-corrected chi connectivity index (χ0v) is 13.1. The lowest BCUT2D eigenvalue weighted by molar-refractivity contribution is -0.133. The van der Waals surface area contributed by atoms with Crippen LogP contribution in [-0.4, -0.2) is 37.7 Å². The Morgan fingerprint density at radius 1 is 1.32 bits per heavy atom. The quantitative estimate of drug-likeness (QED) is 0.841. The van der Waals surface area contributed by atoms with Gasteiger partial charge in [-0.2, -0.15) is 0 Å². The third-order valence-electron chi connectivity index (χ3n) is 5.48. The number of rotatable bonds is 2. The van der Waals surface area contributed by atoms with Crippen LogP contribution in [-0.2, 0) is 22.5 Å². The maximum absolute atomic E-state index is 12.9. The Kier molecular flexibility index (Phi) is 3.57. The van der Waals surface area contributed by atoms with Crippen LogP contribution < -0.4 is 4.74 Å². The second-order valence-corrected chi connectivity index (χ2v) is 6.72. The minimum absolute atomic E-state index is 0.224. The highest BCUT2D eigenvalue weighted by molar-refractivity contribution is 5.82. The summed E-state index contributed by atoms with van der Waals surface area (Å²) >= 11 is 0. The van der Waals surface area contributed by atoms with Gasteiger partial charge in [0.05, 0.1) is 13.7 Å². The van der Waals surface area contributed by atoms with E-state index in [1.807, 2.05) is 6.07 Å². The van der Waals surface area contributed by atoms with Crippen molar-refractivity contribution < 1.29 is 14.3 Å². The van der Waals surface area contributed by atoms with Gasteiger partial charge in [0.25, 0.3) is 0 Å². The first-order chi connectivity index (χ1) is 10.8. The van der Waals surface area contributed by atoms with Crippen LogP contribution in [0.1, 0.15) is 24.0 Å². The van der Waals surface area contributed by atoms with Crippen LogP contribution in [0.4, 0.5) is 0 Å². The molecule has 0 spiro atoms. The lowest BCUT2D eigenvalue weighted by Gasteiger charge is -2.21. The molecule has 2 fully saturated rings. The zero-order valence-electron chi connectivity index (χ0n) is 13.1. The number of carbonyl (C=O) groups excluding carboxylic acids is 1. The second kappa shape index (κ2) is 5.58. The van der Waals surface area contributed by atoms with Crippen molar-refractivity contribution >= 4 is 5.91 Å². The van der Waals surface area contributed by atoms with Crippen molar-refractivity contribution in [1.29, 1.82) is 0 Å². The summed E-state index contributed by atoms with van der Waals surface area (Å²) in [6.07, 6.45) is 3.12. The standard InChI is InChI=1S/C18H23NO3/c1-21-14-5-4-13-10-19(7-2-3-12(13)9-14)18(20)17-15-6-8-22-11-16(15)17/h4-5,9,15-17H,2-3,6-8,10-11H2,1H3. The third-order valence-corrected chi connectivity index (χ3v) is 5.48. The van der Waals surface area contributed by atoms with Crippen LogP contribution in [0.25, 0.3) is 0 Å². The average Bonchev–Trinajstić information content (AvgIpc) is 3.31. The van der Waals surface area contributed by atoms with Crippen LogP contribution in [0.2, 0.25) is 0 Å². The summed E-state index contributed by atoms with van der Waals surface area (Å²) in [5.41, 5.74) is 2.60. The van der Waals surface area contributed by atoms with Crippen LogP contribution in [0.3, 0.4) is 0 Å². The Labute approximate surface area is 131 Å². The van der Waals surface area contributed by atoms with E-state index in [0.29, 0.717) is 17.7 Å². The molecule has 1 aliphatic carbocycles. The van der Waals surface area contributed by atoms with Gasteiger partial charge in [-0.15, -0.1) is 0 Å². The highest BCUT2D eigenvalue weighted by atomic mass is 16.5. The first-order valence-corrected chi connectivity index (χ1v) is 8.30. The summed E-state index contributed by atoms with van der Waals surface area (Å²) in [7, 11) is 1.70. The highest BCUT2D eigenvalue weighted by Gasteiger charge is 2.56. The molecule has 2 heterocycles. The van der Waals surface area contributed by atoms with Gasteiger partial charge in [-0.1, -0.05) is 6.07 Å². The number of hydrogen-bond donors (Lipinski definition) is 0. The molecule has 0 N–H and O–H groups in total. The van der Waals surface area contributed by atoms with Crippen molar-refractivity contribution in [2.24, 2.45) is 17.8 Å². The molecule has 4 heteroatoms. The summed E-state index contributed by atoms with van der Waals surface area (Å²) in [4.78, 5) is 14.9. The number of carbonyl (C=O) groups is 1. The molecule has 1 amide bonds. The van der Waals surface area contributed by atoms with E-state index in [-0.39, 0.29) is 5.92 Å². The number of methoxy groups -OCH3 is 1. The smallest absolute Gasteiger partial charge is 0.226 e. The highest BCUT2D eigenvalue weighted by Crippen LogP contribution is 2.52. The molecule has 1 saturated carbocycles. The molecular weight excluding hydrogens is 278 g/mol. The topological polar surface area (TPSA) is 38.8 Å². The number of nitrogens with zero attached hydrogens (tertiary/aromatic N) is 1. The van der Waals surface area contributed by atoms with Crippen LogP contribution >= 0.6 is 0 Å². The molecular formula is C18H23NO3. The van der Waals surface area contributed by atoms with E-state index >= 15 is 0 Å². The van der Waals surface area contributed by atoms with Crippen molar-refractivity contribution in [2.45, 2.75) is 25.8 Å². The van der Waals surface area contributed by atoms with Gasteiger partial charge < -0.3 is 14.4 Å². The van der Waals surface area contributed by atoms with Crippen LogP contribution in [0.15, 0.2) is 18.2 Å². The van der Waals surface area contributed by atoms with E-state index in [9.17, 15) is 4.79 Å². The average molecular weight is 301 g/mol. The number of benzene rings is 1. The fraction of sp³-hybridized carbons (Fsp3) is 0.611. The Morgan fingerprint density at radius 3 is 3.00 bits per heavy atom. The Hall–Kier alpha value is -1.55. The van der Waals surface area contributed by atoms with Crippen LogP contribution in [0, 0.1) is 17.8 Å². The fourth-order valence-electron chi connectivity index (χ4n) is 4.13. The Balaban J connectivity index is 1.50. The van der Waals surface area contributed by atoms with Gasteiger partial charge in [-0.05, 0) is 54.4 Å². The zero-order chi connectivity index (χ0) is 15.1. The molecule has 3 atom stereocenters.